The number of nitrogens with zero attached hydrogens (tertiary/aromatic N) is 3. The summed E-state index contributed by atoms with van der Waals surface area (Å²) in [5.74, 6) is 0.766. The molecule has 25 heavy (non-hydrogen) atoms. The molecule has 1 saturated heterocycles. The number of nitro groups is 1. The molecule has 8 nitrogen and oxygen atoms in total. The van der Waals surface area contributed by atoms with Crippen LogP contribution in [0.1, 0.15) is 12.0 Å². The number of non-ortho nitro benzene ring substituents is 1. The van der Waals surface area contributed by atoms with Gasteiger partial charge in [0.2, 0.25) is 15.9 Å². The van der Waals surface area contributed by atoms with Crippen LogP contribution in [0.5, 0.6) is 0 Å². The molecule has 0 radical (unpaired) electrons. The van der Waals surface area contributed by atoms with Crippen LogP contribution >= 0.6 is 11.8 Å². The monoisotopic (exact) mass is 387 g/mol. The lowest BCUT2D eigenvalue weighted by molar-refractivity contribution is -0.385. The number of hydrogen-bond donors (Lipinski definition) is 0. The van der Waals surface area contributed by atoms with E-state index in [1.54, 1.807) is 23.6 Å². The summed E-state index contributed by atoms with van der Waals surface area (Å²) in [6.45, 7) is 2.66. The highest BCUT2D eigenvalue weighted by Crippen LogP contribution is 2.25. The van der Waals surface area contributed by atoms with Crippen LogP contribution in [0.4, 0.5) is 5.69 Å². The van der Waals surface area contributed by atoms with Crippen molar-refractivity contribution in [1.29, 1.82) is 0 Å². The smallest absolute Gasteiger partial charge is 0.270 e. The molecule has 1 aliphatic heterocycles. The predicted octanol–water partition coefficient (Wildman–Crippen LogP) is 1.49. The second-order valence-electron chi connectivity index (χ2n) is 5.73. The number of aryl methyl sites for hydroxylation is 1. The molecule has 0 spiro atoms. The van der Waals surface area contributed by atoms with E-state index < -0.39 is 14.9 Å². The third kappa shape index (κ3) is 4.50. The fourth-order valence-electron chi connectivity index (χ4n) is 2.64. The van der Waals surface area contributed by atoms with Gasteiger partial charge in [-0.25, -0.2) is 8.42 Å². The third-order valence-electron chi connectivity index (χ3n) is 4.11. The first-order valence-corrected chi connectivity index (χ1v) is 10.6. The molecular formula is C15H21N3O5S2. The Morgan fingerprint density at radius 1 is 1.28 bits per heavy atom. The number of nitro benzene ring substituents is 1. The van der Waals surface area contributed by atoms with Gasteiger partial charge in [0.25, 0.3) is 5.69 Å². The molecule has 0 atom stereocenters. The van der Waals surface area contributed by atoms with Crippen molar-refractivity contribution >= 4 is 33.4 Å². The molecule has 0 N–H and O–H groups in total. The second-order valence-corrected chi connectivity index (χ2v) is 8.63. The van der Waals surface area contributed by atoms with Crippen LogP contribution in [-0.2, 0) is 14.8 Å². The molecule has 2 rings (SSSR count). The van der Waals surface area contributed by atoms with Crippen LogP contribution in [0.15, 0.2) is 23.1 Å². The molecular weight excluding hydrogens is 366 g/mol. The Kier molecular flexibility index (Phi) is 6.42. The van der Waals surface area contributed by atoms with Crippen molar-refractivity contribution in [2.24, 2.45) is 0 Å². The molecule has 1 aliphatic rings. The van der Waals surface area contributed by atoms with Gasteiger partial charge in [0.15, 0.2) is 0 Å². The Morgan fingerprint density at radius 2 is 1.92 bits per heavy atom. The quantitative estimate of drug-likeness (QED) is 0.541. The number of piperazine rings is 1. The standard InChI is InChI=1S/C15H21N3O5S2/c1-12-3-4-13(18(20)21)11-14(12)25(22,23)17-8-6-16(7-9-17)15(19)5-10-24-2/h3-4,11H,5-10H2,1-2H3. The van der Waals surface area contributed by atoms with E-state index in [9.17, 15) is 23.3 Å². The van der Waals surface area contributed by atoms with Gasteiger partial charge in [-0.1, -0.05) is 6.07 Å². The van der Waals surface area contributed by atoms with Crippen LogP contribution in [-0.4, -0.2) is 66.6 Å². The van der Waals surface area contributed by atoms with Crippen molar-refractivity contribution in [3.63, 3.8) is 0 Å². The Bertz CT molecular complexity index is 758. The molecule has 0 aromatic heterocycles. The fourth-order valence-corrected chi connectivity index (χ4v) is 4.69. The van der Waals surface area contributed by atoms with Crippen molar-refractivity contribution in [3.05, 3.63) is 33.9 Å². The summed E-state index contributed by atoms with van der Waals surface area (Å²) in [4.78, 5) is 24.0. The summed E-state index contributed by atoms with van der Waals surface area (Å²) >= 11 is 1.59. The number of rotatable bonds is 6. The van der Waals surface area contributed by atoms with Gasteiger partial charge in [0, 0.05) is 50.5 Å². The predicted molar refractivity (Wildman–Crippen MR) is 96.2 cm³/mol. The van der Waals surface area contributed by atoms with Gasteiger partial charge in [-0.3, -0.25) is 14.9 Å². The maximum absolute atomic E-state index is 12.8. The summed E-state index contributed by atoms with van der Waals surface area (Å²) in [6, 6.07) is 3.82. The Balaban J connectivity index is 2.13. The molecule has 10 heteroatoms. The van der Waals surface area contributed by atoms with Crippen LogP contribution in [0.2, 0.25) is 0 Å². The van der Waals surface area contributed by atoms with Crippen molar-refractivity contribution in [2.45, 2.75) is 18.2 Å². The molecule has 1 aromatic carbocycles. The molecule has 1 fully saturated rings. The molecule has 0 saturated carbocycles. The van der Waals surface area contributed by atoms with E-state index in [2.05, 4.69) is 0 Å². The molecule has 0 aliphatic carbocycles. The lowest BCUT2D eigenvalue weighted by Crippen LogP contribution is -2.50. The summed E-state index contributed by atoms with van der Waals surface area (Å²) in [6.07, 6.45) is 2.37. The first-order chi connectivity index (χ1) is 11.8. The zero-order valence-corrected chi connectivity index (χ0v) is 15.8. The molecule has 0 unspecified atom stereocenters. The van der Waals surface area contributed by atoms with Crippen molar-refractivity contribution in [3.8, 4) is 0 Å². The van der Waals surface area contributed by atoms with Gasteiger partial charge in [0.1, 0.15) is 0 Å². The third-order valence-corrected chi connectivity index (χ3v) is 6.76. The fraction of sp³-hybridized carbons (Fsp3) is 0.533. The summed E-state index contributed by atoms with van der Waals surface area (Å²) < 4.78 is 26.9. The Hall–Kier alpha value is -1.65. The average Bonchev–Trinajstić information content (AvgIpc) is 2.59. The van der Waals surface area contributed by atoms with E-state index in [-0.39, 0.29) is 29.6 Å². The van der Waals surface area contributed by atoms with Crippen LogP contribution in [0.25, 0.3) is 0 Å². The number of carbonyl (C=O) groups is 1. The second kappa shape index (κ2) is 8.15. The summed E-state index contributed by atoms with van der Waals surface area (Å²) in [5, 5.41) is 10.9. The van der Waals surface area contributed by atoms with Crippen molar-refractivity contribution in [2.75, 3.05) is 38.2 Å². The lowest BCUT2D eigenvalue weighted by atomic mass is 10.2. The maximum atomic E-state index is 12.8. The topological polar surface area (TPSA) is 101 Å². The van der Waals surface area contributed by atoms with Crippen molar-refractivity contribution < 1.29 is 18.1 Å². The number of sulfonamides is 1. The average molecular weight is 387 g/mol. The Labute approximate surface area is 151 Å². The van der Waals surface area contributed by atoms with Crippen LogP contribution in [0.3, 0.4) is 0 Å². The van der Waals surface area contributed by atoms with Gasteiger partial charge in [0.05, 0.1) is 9.82 Å². The highest BCUT2D eigenvalue weighted by molar-refractivity contribution is 7.98. The summed E-state index contributed by atoms with van der Waals surface area (Å²) in [5.41, 5.74) is 0.208. The van der Waals surface area contributed by atoms with Gasteiger partial charge < -0.3 is 4.90 Å². The minimum atomic E-state index is -3.83. The zero-order chi connectivity index (χ0) is 18.6. The highest BCUT2D eigenvalue weighted by Gasteiger charge is 2.31. The number of carbonyl (C=O) groups excluding carboxylic acids is 1. The molecule has 138 valence electrons. The number of benzene rings is 1. The van der Waals surface area contributed by atoms with Gasteiger partial charge in [-0.15, -0.1) is 0 Å². The van der Waals surface area contributed by atoms with Gasteiger partial charge >= 0.3 is 0 Å². The Morgan fingerprint density at radius 3 is 2.48 bits per heavy atom. The van der Waals surface area contributed by atoms with Crippen molar-refractivity contribution in [1.82, 2.24) is 9.21 Å². The van der Waals surface area contributed by atoms with Crippen LogP contribution in [0, 0.1) is 17.0 Å². The van der Waals surface area contributed by atoms with Gasteiger partial charge in [-0.2, -0.15) is 16.1 Å². The maximum Gasteiger partial charge on any atom is 0.270 e. The first kappa shape index (κ1) is 19.7. The summed E-state index contributed by atoms with van der Waals surface area (Å²) in [7, 11) is -3.83. The zero-order valence-electron chi connectivity index (χ0n) is 14.2. The van der Waals surface area contributed by atoms with E-state index in [1.165, 1.54) is 16.4 Å². The largest absolute Gasteiger partial charge is 0.340 e. The van der Waals surface area contributed by atoms with E-state index in [1.807, 2.05) is 6.26 Å². The molecule has 1 heterocycles. The van der Waals surface area contributed by atoms with E-state index >= 15 is 0 Å². The first-order valence-electron chi connectivity index (χ1n) is 7.79. The minimum Gasteiger partial charge on any atom is -0.340 e. The minimum absolute atomic E-state index is 0.0259. The number of amides is 1. The van der Waals surface area contributed by atoms with E-state index in [0.717, 1.165) is 11.8 Å². The molecule has 0 bridgehead atoms. The number of hydrogen-bond acceptors (Lipinski definition) is 6. The van der Waals surface area contributed by atoms with E-state index in [0.29, 0.717) is 25.1 Å². The number of thioether (sulfide) groups is 1. The highest BCUT2D eigenvalue weighted by atomic mass is 32.2. The lowest BCUT2D eigenvalue weighted by Gasteiger charge is -2.34. The SMILES string of the molecule is CSCCC(=O)N1CCN(S(=O)(=O)c2cc([N+](=O)[O-])ccc2C)CC1. The van der Waals surface area contributed by atoms with Gasteiger partial charge in [-0.05, 0) is 18.7 Å². The van der Waals surface area contributed by atoms with E-state index in [4.69, 9.17) is 0 Å². The molecule has 1 amide bonds. The molecule has 1 aromatic rings. The normalized spacial score (nSPS) is 16.0. The van der Waals surface area contributed by atoms with Crippen LogP contribution < -0.4 is 0 Å².